The molecule has 0 radical (unpaired) electrons. The molecule has 166 valence electrons. The number of hydrogen-bond donors (Lipinski definition) is 6. The highest BCUT2D eigenvalue weighted by Crippen LogP contribution is 2.19. The minimum Gasteiger partial charge on any atom is -0.361 e. The summed E-state index contributed by atoms with van der Waals surface area (Å²) in [7, 11) is -3.27. The molecule has 0 bridgehead atoms. The molecule has 1 aromatic heterocycles. The molecule has 12 heteroatoms. The van der Waals surface area contributed by atoms with Crippen LogP contribution in [0.2, 0.25) is 0 Å². The maximum Gasteiger partial charge on any atom is 0.326 e. The van der Waals surface area contributed by atoms with Gasteiger partial charge in [0.1, 0.15) is 12.1 Å². The predicted octanol–water partition coefficient (Wildman–Crippen LogP) is 0.271. The fourth-order valence-corrected chi connectivity index (χ4v) is 3.74. The van der Waals surface area contributed by atoms with Crippen molar-refractivity contribution < 1.29 is 28.4 Å². The van der Waals surface area contributed by atoms with Crippen molar-refractivity contribution in [2.75, 3.05) is 7.05 Å². The molecule has 0 aliphatic rings. The highest BCUT2D eigenvalue weighted by molar-refractivity contribution is 7.86. The Labute approximate surface area is 174 Å². The number of aromatic amines is 1. The third-order valence-corrected chi connectivity index (χ3v) is 5.52. The molecule has 2 atom stereocenters. The zero-order valence-corrected chi connectivity index (χ0v) is 17.7. The largest absolute Gasteiger partial charge is 0.361 e. The zero-order valence-electron chi connectivity index (χ0n) is 16.9. The summed E-state index contributed by atoms with van der Waals surface area (Å²) in [5, 5.41) is 23.7. The highest BCUT2D eigenvalue weighted by Gasteiger charge is 2.31. The number of H-pyrrole nitrogens is 1. The van der Waals surface area contributed by atoms with E-state index in [0.717, 1.165) is 16.5 Å². The quantitative estimate of drug-likeness (QED) is 0.290. The van der Waals surface area contributed by atoms with E-state index < -0.39 is 38.7 Å². The van der Waals surface area contributed by atoms with Crippen LogP contribution in [0.4, 0.5) is 0 Å². The molecule has 30 heavy (non-hydrogen) atoms. The lowest BCUT2D eigenvalue weighted by molar-refractivity contribution is -0.227. The number of amides is 2. The number of carbonyl (C=O) groups excluding carboxylic acids is 2. The number of likely N-dealkylation sites (N-methyl/N-ethyl adjacent to an activating group) is 1. The molecule has 0 fully saturated rings. The van der Waals surface area contributed by atoms with Crippen LogP contribution in [0.15, 0.2) is 30.5 Å². The van der Waals surface area contributed by atoms with Crippen LogP contribution < -0.4 is 15.4 Å². The van der Waals surface area contributed by atoms with Crippen molar-refractivity contribution in [2.24, 2.45) is 5.92 Å². The first-order valence-electron chi connectivity index (χ1n) is 9.32. The normalized spacial score (nSPS) is 14.1. The van der Waals surface area contributed by atoms with Crippen molar-refractivity contribution in [3.05, 3.63) is 36.0 Å². The minimum atomic E-state index is -4.70. The maximum absolute atomic E-state index is 12.8. The molecule has 6 N–H and O–H groups in total. The molecular formula is C18H27N5O6S. The summed E-state index contributed by atoms with van der Waals surface area (Å²) in [4.78, 5) is 28.3. The summed E-state index contributed by atoms with van der Waals surface area (Å²) in [6, 6.07) is 5.21. The summed E-state index contributed by atoms with van der Waals surface area (Å²) in [6.45, 7) is 3.54. The first-order chi connectivity index (χ1) is 14.0. The SMILES string of the molecule is CNC(=O)C(Cc1c[nH]c2ccccc12)NC(=O)C(CC(C)C)NS(=O)(=O)N(O)O. The lowest BCUT2D eigenvalue weighted by Gasteiger charge is -2.24. The van der Waals surface area contributed by atoms with Gasteiger partial charge in [0.2, 0.25) is 11.8 Å². The molecule has 1 aromatic carbocycles. The Morgan fingerprint density at radius 3 is 2.40 bits per heavy atom. The second kappa shape index (κ2) is 10.00. The van der Waals surface area contributed by atoms with Gasteiger partial charge in [-0.2, -0.15) is 13.1 Å². The molecule has 0 aliphatic carbocycles. The number of carbonyl (C=O) groups is 2. The monoisotopic (exact) mass is 441 g/mol. The van der Waals surface area contributed by atoms with E-state index in [9.17, 15) is 18.0 Å². The standard InChI is InChI=1S/C18H27N5O6S/c1-11(2)8-16(22-30(28,29)23(26)27)18(25)21-15(17(24)19-3)9-12-10-20-14-7-5-4-6-13(12)14/h4-7,10-11,15-16,20,22,26-27H,8-9H2,1-3H3,(H,19,24)(H,21,25). The Kier molecular flexibility index (Phi) is 7.92. The van der Waals surface area contributed by atoms with Gasteiger partial charge in [0.15, 0.2) is 0 Å². The summed E-state index contributed by atoms with van der Waals surface area (Å²) < 4.78 is 24.4. The van der Waals surface area contributed by atoms with Crippen molar-refractivity contribution >= 4 is 32.9 Å². The molecular weight excluding hydrogens is 414 g/mol. The molecule has 2 rings (SSSR count). The number of nitrogens with one attached hydrogen (secondary N) is 4. The highest BCUT2D eigenvalue weighted by atomic mass is 32.2. The number of rotatable bonds is 10. The van der Waals surface area contributed by atoms with Crippen LogP contribution in [-0.4, -0.2) is 59.4 Å². The van der Waals surface area contributed by atoms with E-state index >= 15 is 0 Å². The molecule has 1 heterocycles. The van der Waals surface area contributed by atoms with E-state index in [0.29, 0.717) is 0 Å². The van der Waals surface area contributed by atoms with E-state index in [2.05, 4.69) is 15.6 Å². The Balaban J connectivity index is 2.24. The number of fused-ring (bicyclic) bond motifs is 1. The Hall–Kier alpha value is -2.51. The van der Waals surface area contributed by atoms with Crippen molar-refractivity contribution in [3.63, 3.8) is 0 Å². The van der Waals surface area contributed by atoms with Crippen molar-refractivity contribution in [1.29, 1.82) is 0 Å². The van der Waals surface area contributed by atoms with Gasteiger partial charge in [-0.1, -0.05) is 32.0 Å². The third kappa shape index (κ3) is 6.00. The van der Waals surface area contributed by atoms with Gasteiger partial charge in [-0.25, -0.2) is 0 Å². The molecule has 0 aliphatic heterocycles. The van der Waals surface area contributed by atoms with E-state index in [1.807, 2.05) is 29.0 Å². The minimum absolute atomic E-state index is 0.0758. The van der Waals surface area contributed by atoms with Gasteiger partial charge in [-0.05, 0) is 24.0 Å². The smallest absolute Gasteiger partial charge is 0.326 e. The van der Waals surface area contributed by atoms with Crippen LogP contribution in [0, 0.1) is 5.92 Å². The summed E-state index contributed by atoms with van der Waals surface area (Å²) in [6.07, 6.45) is 1.99. The fourth-order valence-electron chi connectivity index (χ4n) is 3.08. The topological polar surface area (TPSA) is 164 Å². The van der Waals surface area contributed by atoms with E-state index in [4.69, 9.17) is 10.4 Å². The number of hydrogen-bond acceptors (Lipinski definition) is 6. The van der Waals surface area contributed by atoms with Crippen LogP contribution in [0.5, 0.6) is 0 Å². The molecule has 2 amide bonds. The van der Waals surface area contributed by atoms with Crippen molar-refractivity contribution in [1.82, 2.24) is 25.0 Å². The predicted molar refractivity (Wildman–Crippen MR) is 109 cm³/mol. The molecule has 0 saturated heterocycles. The average molecular weight is 442 g/mol. The lowest BCUT2D eigenvalue weighted by Crippen LogP contribution is -2.55. The van der Waals surface area contributed by atoms with Gasteiger partial charge >= 0.3 is 10.2 Å². The second-order valence-corrected chi connectivity index (χ2v) is 8.78. The van der Waals surface area contributed by atoms with E-state index in [-0.39, 0.29) is 18.8 Å². The van der Waals surface area contributed by atoms with Gasteiger partial charge in [0.25, 0.3) is 0 Å². The van der Waals surface area contributed by atoms with Crippen molar-refractivity contribution in [2.45, 2.75) is 38.8 Å². The van der Waals surface area contributed by atoms with E-state index in [1.54, 1.807) is 20.0 Å². The molecule has 2 aromatic rings. The Morgan fingerprint density at radius 2 is 1.80 bits per heavy atom. The lowest BCUT2D eigenvalue weighted by atomic mass is 10.0. The number of aromatic nitrogens is 1. The van der Waals surface area contributed by atoms with Gasteiger partial charge in [0.05, 0.1) is 4.63 Å². The average Bonchev–Trinajstić information content (AvgIpc) is 3.08. The maximum atomic E-state index is 12.8. The number of benzene rings is 1. The fraction of sp³-hybridized carbons (Fsp3) is 0.444. The first-order valence-corrected chi connectivity index (χ1v) is 10.8. The third-order valence-electron chi connectivity index (χ3n) is 4.51. The van der Waals surface area contributed by atoms with Crippen LogP contribution in [0.25, 0.3) is 10.9 Å². The summed E-state index contributed by atoms with van der Waals surface area (Å²) in [5.41, 5.74) is 1.68. The van der Waals surface area contributed by atoms with Crippen LogP contribution in [0.3, 0.4) is 0 Å². The summed E-state index contributed by atoms with van der Waals surface area (Å²) >= 11 is 0. The summed E-state index contributed by atoms with van der Waals surface area (Å²) in [5.74, 6) is -1.31. The Morgan fingerprint density at radius 1 is 1.13 bits per heavy atom. The van der Waals surface area contributed by atoms with Crippen LogP contribution in [0.1, 0.15) is 25.8 Å². The first kappa shape index (κ1) is 23.8. The number of para-hydroxylation sites is 1. The molecule has 0 saturated carbocycles. The Bertz CT molecular complexity index is 988. The van der Waals surface area contributed by atoms with E-state index in [1.165, 1.54) is 7.05 Å². The van der Waals surface area contributed by atoms with Gasteiger partial charge in [0, 0.05) is 30.6 Å². The van der Waals surface area contributed by atoms with Crippen LogP contribution in [-0.2, 0) is 26.2 Å². The van der Waals surface area contributed by atoms with Gasteiger partial charge in [-0.15, -0.1) is 0 Å². The zero-order chi connectivity index (χ0) is 22.5. The van der Waals surface area contributed by atoms with Gasteiger partial charge < -0.3 is 15.6 Å². The second-order valence-electron chi connectivity index (χ2n) is 7.27. The number of nitrogens with zero attached hydrogens (tertiary/aromatic N) is 1. The van der Waals surface area contributed by atoms with Gasteiger partial charge in [-0.3, -0.25) is 20.0 Å². The molecule has 11 nitrogen and oxygen atoms in total. The molecule has 0 spiro atoms. The van der Waals surface area contributed by atoms with Crippen LogP contribution >= 0.6 is 0 Å². The van der Waals surface area contributed by atoms with Crippen molar-refractivity contribution in [3.8, 4) is 0 Å². The molecule has 2 unspecified atom stereocenters.